The molecule has 0 N–H and O–H groups in total. The third kappa shape index (κ3) is 2.94. The Bertz CT molecular complexity index is 344. The summed E-state index contributed by atoms with van der Waals surface area (Å²) in [5, 5.41) is 0. The summed E-state index contributed by atoms with van der Waals surface area (Å²) in [5.74, 6) is 1.51. The van der Waals surface area contributed by atoms with E-state index in [1.807, 2.05) is 31.2 Å². The van der Waals surface area contributed by atoms with Crippen molar-refractivity contribution in [3.8, 4) is 5.75 Å². The van der Waals surface area contributed by atoms with E-state index >= 15 is 0 Å². The van der Waals surface area contributed by atoms with Gasteiger partial charge >= 0.3 is 0 Å². The lowest BCUT2D eigenvalue weighted by Gasteiger charge is -2.05. The molecular weight excluding hydrogens is 172 g/mol. The SMILES string of the molecule is C=C/C=C(\C=C)Oc1ccc(C)cc1. The fourth-order valence-electron chi connectivity index (χ4n) is 1.00. The van der Waals surface area contributed by atoms with Gasteiger partial charge in [0.15, 0.2) is 0 Å². The Morgan fingerprint density at radius 2 is 1.86 bits per heavy atom. The fraction of sp³-hybridized carbons (Fsp3) is 0.0769. The molecule has 0 atom stereocenters. The zero-order valence-corrected chi connectivity index (χ0v) is 8.36. The predicted octanol–water partition coefficient (Wildman–Crippen LogP) is 3.63. The minimum absolute atomic E-state index is 0.698. The molecule has 72 valence electrons. The number of aryl methyl sites for hydroxylation is 1. The van der Waals surface area contributed by atoms with Crippen molar-refractivity contribution in [2.75, 3.05) is 0 Å². The topological polar surface area (TPSA) is 9.23 Å². The van der Waals surface area contributed by atoms with Crippen molar-refractivity contribution in [3.63, 3.8) is 0 Å². The van der Waals surface area contributed by atoms with Crippen molar-refractivity contribution < 1.29 is 4.74 Å². The second-order valence-electron chi connectivity index (χ2n) is 2.92. The average Bonchev–Trinajstić information content (AvgIpc) is 2.20. The molecule has 0 heterocycles. The normalized spacial score (nSPS) is 10.8. The number of hydrogen-bond donors (Lipinski definition) is 0. The molecule has 0 saturated carbocycles. The van der Waals surface area contributed by atoms with Crippen LogP contribution in [0.3, 0.4) is 0 Å². The Hall–Kier alpha value is -1.76. The fourth-order valence-corrected chi connectivity index (χ4v) is 1.00. The summed E-state index contributed by atoms with van der Waals surface area (Å²) in [7, 11) is 0. The third-order valence-corrected chi connectivity index (χ3v) is 1.74. The predicted molar refractivity (Wildman–Crippen MR) is 60.3 cm³/mol. The summed E-state index contributed by atoms with van der Waals surface area (Å²) in [6.45, 7) is 9.29. The maximum Gasteiger partial charge on any atom is 0.127 e. The maximum absolute atomic E-state index is 5.53. The van der Waals surface area contributed by atoms with Gasteiger partial charge in [-0.2, -0.15) is 0 Å². The molecule has 0 aliphatic heterocycles. The first kappa shape index (κ1) is 10.3. The molecule has 14 heavy (non-hydrogen) atoms. The van der Waals surface area contributed by atoms with Gasteiger partial charge in [0.2, 0.25) is 0 Å². The highest BCUT2D eigenvalue weighted by atomic mass is 16.5. The number of ether oxygens (including phenoxy) is 1. The average molecular weight is 186 g/mol. The monoisotopic (exact) mass is 186 g/mol. The molecule has 0 aromatic heterocycles. The summed E-state index contributed by atoms with van der Waals surface area (Å²) in [5.41, 5.74) is 1.21. The van der Waals surface area contributed by atoms with Gasteiger partial charge in [0.05, 0.1) is 0 Å². The van der Waals surface area contributed by atoms with E-state index in [2.05, 4.69) is 13.2 Å². The van der Waals surface area contributed by atoms with E-state index in [0.29, 0.717) is 5.76 Å². The van der Waals surface area contributed by atoms with Crippen molar-refractivity contribution in [2.24, 2.45) is 0 Å². The molecule has 1 nitrogen and oxygen atoms in total. The Balaban J connectivity index is 2.77. The highest BCUT2D eigenvalue weighted by Gasteiger charge is 1.94. The van der Waals surface area contributed by atoms with Crippen LogP contribution in [0.5, 0.6) is 5.75 Å². The molecule has 1 aromatic carbocycles. The van der Waals surface area contributed by atoms with E-state index in [-0.39, 0.29) is 0 Å². The van der Waals surface area contributed by atoms with Crippen molar-refractivity contribution in [3.05, 3.63) is 67.0 Å². The second-order valence-corrected chi connectivity index (χ2v) is 2.92. The lowest BCUT2D eigenvalue weighted by Crippen LogP contribution is -1.90. The van der Waals surface area contributed by atoms with Crippen LogP contribution < -0.4 is 4.74 Å². The first-order valence-electron chi connectivity index (χ1n) is 4.46. The zero-order valence-electron chi connectivity index (χ0n) is 8.36. The zero-order chi connectivity index (χ0) is 10.4. The van der Waals surface area contributed by atoms with Gasteiger partial charge in [-0.1, -0.05) is 36.9 Å². The first-order valence-corrected chi connectivity index (χ1v) is 4.46. The number of hydrogen-bond acceptors (Lipinski definition) is 1. The summed E-state index contributed by atoms with van der Waals surface area (Å²) < 4.78 is 5.53. The molecule has 0 aliphatic carbocycles. The van der Waals surface area contributed by atoms with Gasteiger partial charge in [0, 0.05) is 0 Å². The summed E-state index contributed by atoms with van der Waals surface area (Å²) in [6.07, 6.45) is 5.10. The molecule has 1 rings (SSSR count). The standard InChI is InChI=1S/C13H14O/c1-4-6-12(5-2)14-13-9-7-11(3)8-10-13/h4-10H,1-2H2,3H3/b12-6+. The van der Waals surface area contributed by atoms with E-state index in [1.54, 1.807) is 18.2 Å². The summed E-state index contributed by atoms with van der Waals surface area (Å²) in [4.78, 5) is 0. The van der Waals surface area contributed by atoms with E-state index in [9.17, 15) is 0 Å². The van der Waals surface area contributed by atoms with Gasteiger partial charge in [0.25, 0.3) is 0 Å². The number of rotatable bonds is 4. The van der Waals surface area contributed by atoms with Crippen LogP contribution >= 0.6 is 0 Å². The molecule has 0 bridgehead atoms. The lowest BCUT2D eigenvalue weighted by molar-refractivity contribution is 0.445. The van der Waals surface area contributed by atoms with Gasteiger partial charge in [-0.25, -0.2) is 0 Å². The van der Waals surface area contributed by atoms with Crippen molar-refractivity contribution in [2.45, 2.75) is 6.92 Å². The molecule has 0 unspecified atom stereocenters. The van der Waals surface area contributed by atoms with Gasteiger partial charge in [-0.05, 0) is 31.2 Å². The van der Waals surface area contributed by atoms with E-state index < -0.39 is 0 Å². The van der Waals surface area contributed by atoms with Crippen molar-refractivity contribution in [1.82, 2.24) is 0 Å². The summed E-state index contributed by atoms with van der Waals surface area (Å²) in [6, 6.07) is 7.86. The van der Waals surface area contributed by atoms with Crippen LogP contribution in [0, 0.1) is 6.92 Å². The Morgan fingerprint density at radius 1 is 1.21 bits per heavy atom. The molecule has 1 heteroatoms. The van der Waals surface area contributed by atoms with Crippen molar-refractivity contribution >= 4 is 0 Å². The van der Waals surface area contributed by atoms with Gasteiger partial charge in [-0.15, -0.1) is 0 Å². The highest BCUT2D eigenvalue weighted by Crippen LogP contribution is 2.15. The maximum atomic E-state index is 5.53. The molecule has 0 fully saturated rings. The van der Waals surface area contributed by atoms with Crippen LogP contribution in [-0.4, -0.2) is 0 Å². The molecular formula is C13H14O. The Labute approximate surface area is 85.0 Å². The van der Waals surface area contributed by atoms with Crippen LogP contribution in [0.15, 0.2) is 61.4 Å². The molecule has 0 aliphatic rings. The third-order valence-electron chi connectivity index (χ3n) is 1.74. The summed E-state index contributed by atoms with van der Waals surface area (Å²) >= 11 is 0. The largest absolute Gasteiger partial charge is 0.457 e. The van der Waals surface area contributed by atoms with Gasteiger partial charge < -0.3 is 4.74 Å². The molecule has 1 aromatic rings. The highest BCUT2D eigenvalue weighted by molar-refractivity contribution is 5.30. The van der Waals surface area contributed by atoms with E-state index in [1.165, 1.54) is 5.56 Å². The molecule has 0 radical (unpaired) electrons. The number of benzene rings is 1. The minimum Gasteiger partial charge on any atom is -0.457 e. The molecule has 0 amide bonds. The van der Waals surface area contributed by atoms with Crippen LogP contribution in [0.25, 0.3) is 0 Å². The van der Waals surface area contributed by atoms with Crippen LogP contribution in [0.2, 0.25) is 0 Å². The van der Waals surface area contributed by atoms with E-state index in [4.69, 9.17) is 4.74 Å². The first-order chi connectivity index (χ1) is 6.76. The molecule has 0 saturated heterocycles. The van der Waals surface area contributed by atoms with Gasteiger partial charge in [-0.3, -0.25) is 0 Å². The van der Waals surface area contributed by atoms with Crippen LogP contribution in [0.1, 0.15) is 5.56 Å². The Morgan fingerprint density at radius 3 is 2.36 bits per heavy atom. The van der Waals surface area contributed by atoms with Gasteiger partial charge in [0.1, 0.15) is 11.5 Å². The van der Waals surface area contributed by atoms with Crippen molar-refractivity contribution in [1.29, 1.82) is 0 Å². The minimum atomic E-state index is 0.698. The lowest BCUT2D eigenvalue weighted by atomic mass is 10.2. The quantitative estimate of drug-likeness (QED) is 0.515. The molecule has 0 spiro atoms. The van der Waals surface area contributed by atoms with Crippen LogP contribution in [-0.2, 0) is 0 Å². The number of allylic oxidation sites excluding steroid dienone is 3. The smallest absolute Gasteiger partial charge is 0.127 e. The van der Waals surface area contributed by atoms with Crippen LogP contribution in [0.4, 0.5) is 0 Å². The Kier molecular flexibility index (Phi) is 3.74. The van der Waals surface area contributed by atoms with E-state index in [0.717, 1.165) is 5.75 Å². The second kappa shape index (κ2) is 5.07.